The second-order valence-corrected chi connectivity index (χ2v) is 5.58. The lowest BCUT2D eigenvalue weighted by Crippen LogP contribution is -1.98. The van der Waals surface area contributed by atoms with Gasteiger partial charge in [0.1, 0.15) is 5.69 Å². The monoisotopic (exact) mass is 330 g/mol. The number of nitroso groups, excluding NO2 is 1. The Balaban J connectivity index is 2.22. The Morgan fingerprint density at radius 3 is 2.77 bits per heavy atom. The van der Waals surface area contributed by atoms with Crippen molar-refractivity contribution in [3.63, 3.8) is 0 Å². The summed E-state index contributed by atoms with van der Waals surface area (Å²) in [6.45, 7) is 1.89. The number of aromatic amines is 1. The summed E-state index contributed by atoms with van der Waals surface area (Å²) in [5, 5.41) is 10.7. The van der Waals surface area contributed by atoms with Gasteiger partial charge in [-0.05, 0) is 66.3 Å². The molecule has 22 heavy (non-hydrogen) atoms. The minimum Gasteiger partial charge on any atom is -0.268 e. The molecule has 2 aromatic carbocycles. The molecule has 110 valence electrons. The van der Waals surface area contributed by atoms with Gasteiger partial charge in [0, 0.05) is 10.6 Å². The molecule has 0 amide bonds. The fraction of sp³-hybridized carbons (Fsp3) is 0.0667. The fourth-order valence-electron chi connectivity index (χ4n) is 2.29. The second kappa shape index (κ2) is 5.82. The summed E-state index contributed by atoms with van der Waals surface area (Å²) in [7, 11) is 0. The Labute approximate surface area is 136 Å². The number of halogens is 1. The molecule has 0 unspecified atom stereocenters. The topological polar surface area (TPSA) is 63.0 Å². The molecule has 0 saturated carbocycles. The minimum absolute atomic E-state index is 0.379. The highest BCUT2D eigenvalue weighted by atomic mass is 35.5. The van der Waals surface area contributed by atoms with E-state index in [0.29, 0.717) is 21.3 Å². The quantitative estimate of drug-likeness (QED) is 0.545. The molecule has 5 nitrogen and oxygen atoms in total. The molecular formula is C15H11ClN4OS. The van der Waals surface area contributed by atoms with Gasteiger partial charge in [-0.2, -0.15) is 5.10 Å². The van der Waals surface area contributed by atoms with Crippen molar-refractivity contribution in [1.82, 2.24) is 14.8 Å². The average molecular weight is 331 g/mol. The zero-order chi connectivity index (χ0) is 15.7. The maximum Gasteiger partial charge on any atom is 0.200 e. The van der Waals surface area contributed by atoms with Crippen LogP contribution in [0.15, 0.2) is 47.6 Å². The zero-order valence-electron chi connectivity index (χ0n) is 11.6. The molecule has 1 heterocycles. The minimum atomic E-state index is 0.379. The molecule has 0 spiro atoms. The number of aromatic nitrogens is 3. The van der Waals surface area contributed by atoms with Crippen molar-refractivity contribution in [1.29, 1.82) is 0 Å². The van der Waals surface area contributed by atoms with Gasteiger partial charge in [0.2, 0.25) is 0 Å². The van der Waals surface area contributed by atoms with Crippen molar-refractivity contribution >= 4 is 29.5 Å². The van der Waals surface area contributed by atoms with Crippen LogP contribution in [-0.2, 0) is 0 Å². The van der Waals surface area contributed by atoms with Gasteiger partial charge < -0.3 is 0 Å². The zero-order valence-corrected chi connectivity index (χ0v) is 13.1. The van der Waals surface area contributed by atoms with E-state index < -0.39 is 0 Å². The predicted octanol–water partition coefficient (Wildman–Crippen LogP) is 4.96. The van der Waals surface area contributed by atoms with E-state index in [1.54, 1.807) is 28.8 Å². The van der Waals surface area contributed by atoms with Crippen LogP contribution >= 0.6 is 23.8 Å². The highest BCUT2D eigenvalue weighted by Crippen LogP contribution is 2.28. The summed E-state index contributed by atoms with van der Waals surface area (Å²) >= 11 is 11.4. The Hall–Kier alpha value is -2.31. The van der Waals surface area contributed by atoms with Crippen LogP contribution in [0.5, 0.6) is 0 Å². The normalized spacial score (nSPS) is 10.6. The lowest BCUT2D eigenvalue weighted by molar-refractivity contribution is 1.03. The van der Waals surface area contributed by atoms with Crippen LogP contribution in [0.4, 0.5) is 5.69 Å². The Morgan fingerprint density at radius 1 is 1.27 bits per heavy atom. The maximum atomic E-state index is 10.6. The molecule has 0 atom stereocenters. The third-order valence-corrected chi connectivity index (χ3v) is 3.80. The van der Waals surface area contributed by atoms with E-state index >= 15 is 0 Å². The molecule has 0 radical (unpaired) electrons. The lowest BCUT2D eigenvalue weighted by atomic mass is 10.1. The predicted molar refractivity (Wildman–Crippen MR) is 89.4 cm³/mol. The fourth-order valence-corrected chi connectivity index (χ4v) is 2.71. The first-order chi connectivity index (χ1) is 10.6. The number of nitrogens with one attached hydrogen (secondary N) is 1. The molecule has 7 heteroatoms. The number of nitrogens with zero attached hydrogens (tertiary/aromatic N) is 3. The molecule has 1 N–H and O–H groups in total. The first-order valence-electron chi connectivity index (χ1n) is 6.48. The van der Waals surface area contributed by atoms with Crippen LogP contribution < -0.4 is 0 Å². The Bertz CT molecular complexity index is 916. The summed E-state index contributed by atoms with van der Waals surface area (Å²) in [6, 6.07) is 12.5. The van der Waals surface area contributed by atoms with Gasteiger partial charge >= 0.3 is 0 Å². The van der Waals surface area contributed by atoms with Gasteiger partial charge in [0.25, 0.3) is 0 Å². The standard InChI is InChI=1S/C15H11ClN4OS/c1-9-7-11(19-21)5-6-13(9)14-17-18-15(22)20(14)12-4-2-3-10(16)8-12/h2-8H,1H3,(H,18,22). The summed E-state index contributed by atoms with van der Waals surface area (Å²) in [5.41, 5.74) is 2.94. The second-order valence-electron chi connectivity index (χ2n) is 4.76. The molecule has 1 aromatic heterocycles. The SMILES string of the molecule is Cc1cc(N=O)ccc1-c1n[nH]c(=S)n1-c1cccc(Cl)c1. The summed E-state index contributed by atoms with van der Waals surface area (Å²) in [5.74, 6) is 0.655. The highest BCUT2D eigenvalue weighted by molar-refractivity contribution is 7.71. The van der Waals surface area contributed by atoms with Crippen LogP contribution in [0.3, 0.4) is 0 Å². The molecular weight excluding hydrogens is 320 g/mol. The first kappa shape index (κ1) is 14.6. The number of H-pyrrole nitrogens is 1. The number of benzene rings is 2. The third kappa shape index (κ3) is 2.58. The van der Waals surface area contributed by atoms with Crippen molar-refractivity contribution in [2.45, 2.75) is 6.92 Å². The van der Waals surface area contributed by atoms with E-state index in [1.807, 2.05) is 25.1 Å². The van der Waals surface area contributed by atoms with Gasteiger partial charge in [-0.15, -0.1) is 4.91 Å². The molecule has 0 aliphatic rings. The molecule has 0 fully saturated rings. The Kier molecular flexibility index (Phi) is 3.87. The largest absolute Gasteiger partial charge is 0.268 e. The van der Waals surface area contributed by atoms with Crippen molar-refractivity contribution in [2.75, 3.05) is 0 Å². The molecule has 0 aliphatic carbocycles. The van der Waals surface area contributed by atoms with Gasteiger partial charge in [0.05, 0.1) is 5.69 Å². The number of hydrogen-bond acceptors (Lipinski definition) is 4. The molecule has 0 aliphatic heterocycles. The maximum absolute atomic E-state index is 10.6. The number of aryl methyl sites for hydroxylation is 1. The van der Waals surface area contributed by atoms with Crippen LogP contribution in [0, 0.1) is 16.6 Å². The van der Waals surface area contributed by atoms with E-state index in [1.165, 1.54) is 0 Å². The average Bonchev–Trinajstić information content (AvgIpc) is 2.88. The van der Waals surface area contributed by atoms with Gasteiger partial charge in [-0.1, -0.05) is 17.7 Å². The number of hydrogen-bond donors (Lipinski definition) is 1. The van der Waals surface area contributed by atoms with Gasteiger partial charge in [-0.25, -0.2) is 0 Å². The van der Waals surface area contributed by atoms with Crippen molar-refractivity contribution in [3.05, 3.63) is 62.7 Å². The van der Waals surface area contributed by atoms with Crippen LogP contribution in [-0.4, -0.2) is 14.8 Å². The smallest absolute Gasteiger partial charge is 0.200 e. The summed E-state index contributed by atoms with van der Waals surface area (Å²) in [6.07, 6.45) is 0. The number of rotatable bonds is 3. The Morgan fingerprint density at radius 2 is 2.09 bits per heavy atom. The van der Waals surface area contributed by atoms with E-state index in [2.05, 4.69) is 15.4 Å². The van der Waals surface area contributed by atoms with E-state index in [0.717, 1.165) is 16.8 Å². The van der Waals surface area contributed by atoms with E-state index in [4.69, 9.17) is 23.8 Å². The highest BCUT2D eigenvalue weighted by Gasteiger charge is 2.13. The van der Waals surface area contributed by atoms with Crippen LogP contribution in [0.25, 0.3) is 17.1 Å². The van der Waals surface area contributed by atoms with Crippen LogP contribution in [0.2, 0.25) is 5.02 Å². The molecule has 0 saturated heterocycles. The molecule has 0 bridgehead atoms. The van der Waals surface area contributed by atoms with E-state index in [-0.39, 0.29) is 0 Å². The first-order valence-corrected chi connectivity index (χ1v) is 7.26. The van der Waals surface area contributed by atoms with Gasteiger partial charge in [-0.3, -0.25) is 9.67 Å². The molecule has 3 rings (SSSR count). The van der Waals surface area contributed by atoms with Gasteiger partial charge in [0.15, 0.2) is 10.6 Å². The third-order valence-electron chi connectivity index (χ3n) is 3.30. The lowest BCUT2D eigenvalue weighted by Gasteiger charge is -2.09. The summed E-state index contributed by atoms with van der Waals surface area (Å²) < 4.78 is 2.27. The van der Waals surface area contributed by atoms with Crippen molar-refractivity contribution in [2.24, 2.45) is 5.18 Å². The van der Waals surface area contributed by atoms with Crippen molar-refractivity contribution < 1.29 is 0 Å². The summed E-state index contributed by atoms with van der Waals surface area (Å²) in [4.78, 5) is 10.6. The van der Waals surface area contributed by atoms with Crippen molar-refractivity contribution in [3.8, 4) is 17.1 Å². The molecule has 3 aromatic rings. The van der Waals surface area contributed by atoms with Crippen LogP contribution in [0.1, 0.15) is 5.56 Å². The van der Waals surface area contributed by atoms with E-state index in [9.17, 15) is 4.91 Å².